The molecule has 0 atom stereocenters. The third kappa shape index (κ3) is 6.81. The molecule has 4 nitrogen and oxygen atoms in total. The van der Waals surface area contributed by atoms with Gasteiger partial charge in [0.25, 0.3) is 0 Å². The molecule has 0 unspecified atom stereocenters. The predicted molar refractivity (Wildman–Crippen MR) is 96.8 cm³/mol. The highest BCUT2D eigenvalue weighted by Crippen LogP contribution is 2.17. The summed E-state index contributed by atoms with van der Waals surface area (Å²) in [5.41, 5.74) is 0.465. The lowest BCUT2D eigenvalue weighted by Crippen LogP contribution is -2.10. The molecule has 0 saturated heterocycles. The number of rotatable bonds is 9. The molecule has 0 N–H and O–H groups in total. The molecule has 0 aliphatic heterocycles. The summed E-state index contributed by atoms with van der Waals surface area (Å²) in [7, 11) is 0. The average Bonchev–Trinajstić information content (AvgIpc) is 2.63. The summed E-state index contributed by atoms with van der Waals surface area (Å²) in [5.74, 6) is -3.16. The minimum Gasteiger partial charge on any atom is -0.462 e. The summed E-state index contributed by atoms with van der Waals surface area (Å²) in [4.78, 5) is 24.0. The Morgan fingerprint density at radius 2 is 1.37 bits per heavy atom. The Balaban J connectivity index is 1.86. The molecule has 144 valence electrons. The van der Waals surface area contributed by atoms with Gasteiger partial charge in [-0.15, -0.1) is 0 Å². The second kappa shape index (κ2) is 10.4. The van der Waals surface area contributed by atoms with Crippen molar-refractivity contribution in [2.75, 3.05) is 6.61 Å². The Kier molecular flexibility index (Phi) is 7.92. The van der Waals surface area contributed by atoms with Crippen molar-refractivity contribution >= 4 is 11.9 Å². The summed E-state index contributed by atoms with van der Waals surface area (Å²) >= 11 is 0. The molecule has 0 aliphatic carbocycles. The fourth-order valence-electron chi connectivity index (χ4n) is 2.45. The van der Waals surface area contributed by atoms with E-state index in [-0.39, 0.29) is 11.3 Å². The smallest absolute Gasteiger partial charge is 0.343 e. The van der Waals surface area contributed by atoms with Crippen LogP contribution < -0.4 is 4.74 Å². The Hall–Kier alpha value is -2.76. The average molecular weight is 376 g/mol. The number of unbranched alkanes of at least 4 members (excludes halogenated alkanes) is 4. The van der Waals surface area contributed by atoms with Crippen LogP contribution in [0.25, 0.3) is 0 Å². The summed E-state index contributed by atoms with van der Waals surface area (Å²) in [6.45, 7) is 2.49. The van der Waals surface area contributed by atoms with E-state index in [0.29, 0.717) is 18.2 Å². The van der Waals surface area contributed by atoms with Crippen molar-refractivity contribution in [3.63, 3.8) is 0 Å². The van der Waals surface area contributed by atoms with E-state index in [2.05, 4.69) is 6.92 Å². The standard InChI is InChI=1S/C21H22F2O4/c1-2-3-4-5-6-11-26-20(24)15-7-9-16(10-8-15)21(25)27-19-13-17(22)12-18(23)14-19/h7-10,12-14H,2-6,11H2,1H3. The lowest BCUT2D eigenvalue weighted by atomic mass is 10.1. The van der Waals surface area contributed by atoms with Crippen molar-refractivity contribution < 1.29 is 27.8 Å². The topological polar surface area (TPSA) is 52.6 Å². The van der Waals surface area contributed by atoms with Crippen LogP contribution in [-0.2, 0) is 4.74 Å². The monoisotopic (exact) mass is 376 g/mol. The maximum Gasteiger partial charge on any atom is 0.343 e. The zero-order valence-corrected chi connectivity index (χ0v) is 15.2. The third-order valence-electron chi connectivity index (χ3n) is 3.88. The molecule has 2 aromatic rings. The molecule has 2 rings (SSSR count). The van der Waals surface area contributed by atoms with Crippen LogP contribution in [0.2, 0.25) is 0 Å². The van der Waals surface area contributed by atoms with E-state index in [4.69, 9.17) is 9.47 Å². The number of hydrogen-bond donors (Lipinski definition) is 0. The molecule has 27 heavy (non-hydrogen) atoms. The molecule has 0 bridgehead atoms. The van der Waals surface area contributed by atoms with Crippen molar-refractivity contribution in [1.29, 1.82) is 0 Å². The van der Waals surface area contributed by atoms with Gasteiger partial charge in [0, 0.05) is 18.2 Å². The number of benzene rings is 2. The number of carbonyl (C=O) groups excluding carboxylic acids is 2. The number of carbonyl (C=O) groups is 2. The third-order valence-corrected chi connectivity index (χ3v) is 3.88. The van der Waals surface area contributed by atoms with Gasteiger partial charge in [0.15, 0.2) is 0 Å². The highest BCUT2D eigenvalue weighted by atomic mass is 19.1. The van der Waals surface area contributed by atoms with Gasteiger partial charge in [0.2, 0.25) is 0 Å². The fraction of sp³-hybridized carbons (Fsp3) is 0.333. The molecule has 0 fully saturated rings. The van der Waals surface area contributed by atoms with Gasteiger partial charge in [-0.2, -0.15) is 0 Å². The van der Waals surface area contributed by atoms with Crippen molar-refractivity contribution in [3.8, 4) is 5.75 Å². The molecule has 0 heterocycles. The van der Waals surface area contributed by atoms with E-state index >= 15 is 0 Å². The van der Waals surface area contributed by atoms with Crippen LogP contribution in [0.4, 0.5) is 8.78 Å². The largest absolute Gasteiger partial charge is 0.462 e. The van der Waals surface area contributed by atoms with Crippen molar-refractivity contribution in [2.24, 2.45) is 0 Å². The molecule has 2 aromatic carbocycles. The van der Waals surface area contributed by atoms with Crippen LogP contribution in [0.1, 0.15) is 59.7 Å². The second-order valence-electron chi connectivity index (χ2n) is 6.12. The van der Waals surface area contributed by atoms with E-state index in [1.165, 1.54) is 30.7 Å². The Bertz CT molecular complexity index is 752. The zero-order valence-electron chi connectivity index (χ0n) is 15.2. The molecular formula is C21H22F2O4. The van der Waals surface area contributed by atoms with E-state index < -0.39 is 23.6 Å². The predicted octanol–water partition coefficient (Wildman–Crippen LogP) is 5.31. The van der Waals surface area contributed by atoms with Gasteiger partial charge in [-0.1, -0.05) is 32.6 Å². The van der Waals surface area contributed by atoms with Gasteiger partial charge in [0.1, 0.15) is 17.4 Å². The number of ether oxygens (including phenoxy) is 2. The highest BCUT2D eigenvalue weighted by Gasteiger charge is 2.13. The van der Waals surface area contributed by atoms with Crippen LogP contribution in [0.3, 0.4) is 0 Å². The first kappa shape index (κ1) is 20.6. The van der Waals surface area contributed by atoms with Gasteiger partial charge in [-0.3, -0.25) is 0 Å². The van der Waals surface area contributed by atoms with Gasteiger partial charge in [0.05, 0.1) is 17.7 Å². The molecule has 0 saturated carbocycles. The van der Waals surface area contributed by atoms with Crippen LogP contribution in [-0.4, -0.2) is 18.5 Å². The maximum atomic E-state index is 13.1. The first-order chi connectivity index (χ1) is 13.0. The first-order valence-corrected chi connectivity index (χ1v) is 8.95. The number of halogens is 2. The van der Waals surface area contributed by atoms with E-state index in [0.717, 1.165) is 37.8 Å². The molecule has 0 radical (unpaired) electrons. The van der Waals surface area contributed by atoms with Crippen molar-refractivity contribution in [1.82, 2.24) is 0 Å². The van der Waals surface area contributed by atoms with Gasteiger partial charge in [-0.25, -0.2) is 18.4 Å². The summed E-state index contributed by atoms with van der Waals surface area (Å²) < 4.78 is 36.4. The molecule has 0 aromatic heterocycles. The molecule has 0 aliphatic rings. The summed E-state index contributed by atoms with van der Waals surface area (Å²) in [6.07, 6.45) is 5.30. The van der Waals surface area contributed by atoms with Gasteiger partial charge in [-0.05, 0) is 30.7 Å². The lowest BCUT2D eigenvalue weighted by Gasteiger charge is -2.07. The van der Waals surface area contributed by atoms with E-state index in [1.807, 2.05) is 0 Å². The SMILES string of the molecule is CCCCCCCOC(=O)c1ccc(C(=O)Oc2cc(F)cc(F)c2)cc1. The van der Waals surface area contributed by atoms with Crippen LogP contribution in [0.5, 0.6) is 5.75 Å². The van der Waals surface area contributed by atoms with Crippen LogP contribution >= 0.6 is 0 Å². The normalized spacial score (nSPS) is 10.5. The summed E-state index contributed by atoms with van der Waals surface area (Å²) in [5, 5.41) is 0. The van der Waals surface area contributed by atoms with Crippen LogP contribution in [0, 0.1) is 11.6 Å². The number of hydrogen-bond acceptors (Lipinski definition) is 4. The lowest BCUT2D eigenvalue weighted by molar-refractivity contribution is 0.0497. The Morgan fingerprint density at radius 1 is 0.815 bits per heavy atom. The molecule has 6 heteroatoms. The Labute approximate surface area is 157 Å². The van der Waals surface area contributed by atoms with E-state index in [9.17, 15) is 18.4 Å². The molecular weight excluding hydrogens is 354 g/mol. The summed E-state index contributed by atoms with van der Waals surface area (Å²) in [6, 6.07) is 8.19. The molecule has 0 spiro atoms. The van der Waals surface area contributed by atoms with Crippen molar-refractivity contribution in [2.45, 2.75) is 39.0 Å². The van der Waals surface area contributed by atoms with Gasteiger partial charge >= 0.3 is 11.9 Å². The highest BCUT2D eigenvalue weighted by molar-refractivity contribution is 5.94. The minimum absolute atomic E-state index is 0.149. The molecule has 0 amide bonds. The number of esters is 2. The Morgan fingerprint density at radius 3 is 1.96 bits per heavy atom. The quantitative estimate of drug-likeness (QED) is 0.338. The van der Waals surface area contributed by atoms with Crippen molar-refractivity contribution in [3.05, 3.63) is 65.2 Å². The maximum absolute atomic E-state index is 13.1. The van der Waals surface area contributed by atoms with Crippen LogP contribution in [0.15, 0.2) is 42.5 Å². The second-order valence-corrected chi connectivity index (χ2v) is 6.12. The van der Waals surface area contributed by atoms with Gasteiger partial charge < -0.3 is 9.47 Å². The fourth-order valence-corrected chi connectivity index (χ4v) is 2.45. The van der Waals surface area contributed by atoms with E-state index in [1.54, 1.807) is 0 Å². The first-order valence-electron chi connectivity index (χ1n) is 8.95. The minimum atomic E-state index is -0.842. The zero-order chi connectivity index (χ0) is 19.6.